The number of H-pyrrole nitrogens is 1. The number of rotatable bonds is 4. The van der Waals surface area contributed by atoms with Crippen molar-refractivity contribution in [3.8, 4) is 11.4 Å². The lowest BCUT2D eigenvalue weighted by molar-refractivity contribution is 0.101. The van der Waals surface area contributed by atoms with Crippen LogP contribution < -0.4 is 5.56 Å². The Morgan fingerprint density at radius 2 is 1.79 bits per heavy atom. The van der Waals surface area contributed by atoms with Gasteiger partial charge in [0, 0.05) is 13.1 Å². The minimum absolute atomic E-state index is 0.00274. The third-order valence-corrected chi connectivity index (χ3v) is 3.51. The van der Waals surface area contributed by atoms with E-state index in [4.69, 9.17) is 0 Å². The van der Waals surface area contributed by atoms with Gasteiger partial charge < -0.3 is 5.11 Å². The number of nitrogens with one attached hydrogen (secondary N) is 1. The summed E-state index contributed by atoms with van der Waals surface area (Å²) in [7, 11) is 0. The zero-order chi connectivity index (χ0) is 17.1. The second-order valence-electron chi connectivity index (χ2n) is 5.18. The molecular weight excluding hydrogens is 306 g/mol. The molecule has 24 heavy (non-hydrogen) atoms. The molecule has 2 aromatic carbocycles. The van der Waals surface area contributed by atoms with E-state index < -0.39 is 0 Å². The van der Waals surface area contributed by atoms with Gasteiger partial charge in [0.15, 0.2) is 5.78 Å². The minimum atomic E-state index is -0.384. The van der Waals surface area contributed by atoms with Crippen molar-refractivity contribution in [2.75, 3.05) is 0 Å². The maximum atomic E-state index is 12.6. The summed E-state index contributed by atoms with van der Waals surface area (Å²) in [5.41, 5.74) is 0.870. The Hall–Kier alpha value is -3.41. The average Bonchev–Trinajstić information content (AvgIpc) is 2.92. The van der Waals surface area contributed by atoms with E-state index in [1.807, 2.05) is 6.07 Å². The van der Waals surface area contributed by atoms with Crippen molar-refractivity contribution >= 4 is 17.7 Å². The smallest absolute Gasteiger partial charge is 0.280 e. The molecule has 0 saturated heterocycles. The number of benzene rings is 2. The van der Waals surface area contributed by atoms with E-state index in [1.54, 1.807) is 42.5 Å². The van der Waals surface area contributed by atoms with Crippen molar-refractivity contribution in [2.24, 2.45) is 4.99 Å². The number of Topliss-reactive ketones (excluding diaryl/α,β-unsaturated/α-hetero) is 1. The lowest BCUT2D eigenvalue weighted by atomic mass is 10.2. The van der Waals surface area contributed by atoms with E-state index in [1.165, 1.54) is 23.9 Å². The summed E-state index contributed by atoms with van der Waals surface area (Å²) in [6.45, 7) is 1.37. The largest absolute Gasteiger partial charge is 0.506 e. The third kappa shape index (κ3) is 2.89. The van der Waals surface area contributed by atoms with Crippen LogP contribution in [0.3, 0.4) is 0 Å². The molecule has 0 aliphatic rings. The summed E-state index contributed by atoms with van der Waals surface area (Å²) in [5.74, 6) is -0.280. The maximum Gasteiger partial charge on any atom is 0.280 e. The highest BCUT2D eigenvalue weighted by Gasteiger charge is 2.16. The predicted molar refractivity (Wildman–Crippen MR) is 91.8 cm³/mol. The molecule has 3 aromatic rings. The van der Waals surface area contributed by atoms with Crippen LogP contribution in [-0.2, 0) is 0 Å². The normalized spacial score (nSPS) is 11.0. The first-order valence-corrected chi connectivity index (χ1v) is 7.31. The number of hydrogen-bond acceptors (Lipinski definition) is 4. The van der Waals surface area contributed by atoms with Crippen molar-refractivity contribution in [1.82, 2.24) is 9.78 Å². The first-order chi connectivity index (χ1) is 11.6. The average molecular weight is 321 g/mol. The van der Waals surface area contributed by atoms with E-state index in [2.05, 4.69) is 10.1 Å². The summed E-state index contributed by atoms with van der Waals surface area (Å²) < 4.78 is 1.29. The zero-order valence-corrected chi connectivity index (χ0v) is 12.9. The molecule has 1 aromatic heterocycles. The molecule has 2 N–H and O–H groups in total. The van der Waals surface area contributed by atoms with Crippen LogP contribution in [0.25, 0.3) is 5.69 Å². The van der Waals surface area contributed by atoms with Gasteiger partial charge in [-0.05, 0) is 24.3 Å². The van der Waals surface area contributed by atoms with Crippen molar-refractivity contribution in [3.05, 3.63) is 76.2 Å². The second-order valence-corrected chi connectivity index (χ2v) is 5.18. The molecule has 6 heteroatoms. The number of ketones is 1. The molecule has 0 spiro atoms. The number of phenols is 1. The fraction of sp³-hybridized carbons (Fsp3) is 0.0556. The van der Waals surface area contributed by atoms with Gasteiger partial charge in [-0.1, -0.05) is 30.3 Å². The Morgan fingerprint density at radius 3 is 2.46 bits per heavy atom. The maximum absolute atomic E-state index is 12.6. The SMILES string of the molecule is CC(=O)c1[nH]n(-c2ccccc2)c(=O)c1C=Nc1ccccc1O. The Bertz CT molecular complexity index is 969. The number of para-hydroxylation sites is 3. The Morgan fingerprint density at radius 1 is 1.12 bits per heavy atom. The van der Waals surface area contributed by atoms with E-state index in [0.717, 1.165) is 0 Å². The number of hydrogen-bond donors (Lipinski definition) is 2. The monoisotopic (exact) mass is 321 g/mol. The van der Waals surface area contributed by atoms with Crippen molar-refractivity contribution < 1.29 is 9.90 Å². The van der Waals surface area contributed by atoms with Crippen molar-refractivity contribution in [3.63, 3.8) is 0 Å². The number of aliphatic imine (C=N–C) groups is 1. The summed E-state index contributed by atoms with van der Waals surface area (Å²) in [5, 5.41) is 12.6. The van der Waals surface area contributed by atoms with Crippen LogP contribution in [0.15, 0.2) is 64.4 Å². The van der Waals surface area contributed by atoms with Gasteiger partial charge in [-0.2, -0.15) is 0 Å². The number of carbonyl (C=O) groups excluding carboxylic acids is 1. The molecule has 0 aliphatic carbocycles. The predicted octanol–water partition coefficient (Wildman–Crippen LogP) is 2.82. The summed E-state index contributed by atoms with van der Waals surface area (Å²) in [4.78, 5) is 28.6. The van der Waals surface area contributed by atoms with Gasteiger partial charge in [-0.25, -0.2) is 4.68 Å². The molecule has 0 aliphatic heterocycles. The van der Waals surface area contributed by atoms with Crippen LogP contribution in [0.1, 0.15) is 23.0 Å². The number of nitrogens with zero attached hydrogens (tertiary/aromatic N) is 2. The molecule has 1 heterocycles. The van der Waals surface area contributed by atoms with Gasteiger partial charge >= 0.3 is 0 Å². The van der Waals surface area contributed by atoms with Crippen LogP contribution >= 0.6 is 0 Å². The molecule has 6 nitrogen and oxygen atoms in total. The summed E-state index contributed by atoms with van der Waals surface area (Å²) in [6.07, 6.45) is 1.30. The molecule has 0 saturated carbocycles. The molecule has 120 valence electrons. The second kappa shape index (κ2) is 6.37. The van der Waals surface area contributed by atoms with Crippen LogP contribution in [0.4, 0.5) is 5.69 Å². The molecule has 0 atom stereocenters. The number of phenolic OH excluding ortho intramolecular Hbond substituents is 1. The Balaban J connectivity index is 2.11. The highest BCUT2D eigenvalue weighted by molar-refractivity contribution is 6.01. The lowest BCUT2D eigenvalue weighted by Crippen LogP contribution is -2.17. The van der Waals surface area contributed by atoms with E-state index >= 15 is 0 Å². The quantitative estimate of drug-likeness (QED) is 0.572. The van der Waals surface area contributed by atoms with Gasteiger partial charge in [-0.15, -0.1) is 0 Å². The molecular formula is C18H15N3O3. The van der Waals surface area contributed by atoms with Gasteiger partial charge in [0.05, 0.1) is 11.3 Å². The van der Waals surface area contributed by atoms with Crippen LogP contribution in [0.2, 0.25) is 0 Å². The van der Waals surface area contributed by atoms with E-state index in [0.29, 0.717) is 11.4 Å². The number of carbonyl (C=O) groups is 1. The number of aromatic nitrogens is 2. The zero-order valence-electron chi connectivity index (χ0n) is 12.9. The highest BCUT2D eigenvalue weighted by atomic mass is 16.3. The number of aromatic hydroxyl groups is 1. The lowest BCUT2D eigenvalue weighted by Gasteiger charge is -1.99. The van der Waals surface area contributed by atoms with Gasteiger partial charge in [0.2, 0.25) is 0 Å². The fourth-order valence-corrected chi connectivity index (χ4v) is 2.30. The summed E-state index contributed by atoms with van der Waals surface area (Å²) >= 11 is 0. The molecule has 0 amide bonds. The molecule has 0 radical (unpaired) electrons. The minimum Gasteiger partial charge on any atom is -0.506 e. The van der Waals surface area contributed by atoms with E-state index in [9.17, 15) is 14.7 Å². The van der Waals surface area contributed by atoms with Gasteiger partial charge in [0.1, 0.15) is 17.1 Å². The van der Waals surface area contributed by atoms with Crippen molar-refractivity contribution in [2.45, 2.75) is 6.92 Å². The third-order valence-electron chi connectivity index (χ3n) is 3.51. The number of aromatic amines is 1. The van der Waals surface area contributed by atoms with E-state index in [-0.39, 0.29) is 28.3 Å². The van der Waals surface area contributed by atoms with Crippen LogP contribution in [0, 0.1) is 0 Å². The van der Waals surface area contributed by atoms with Crippen molar-refractivity contribution in [1.29, 1.82) is 0 Å². The molecule has 3 rings (SSSR count). The summed E-state index contributed by atoms with van der Waals surface area (Å²) in [6, 6.07) is 15.4. The molecule has 0 unspecified atom stereocenters. The fourth-order valence-electron chi connectivity index (χ4n) is 2.30. The highest BCUT2D eigenvalue weighted by Crippen LogP contribution is 2.24. The Kier molecular flexibility index (Phi) is 4.11. The Labute approximate surface area is 137 Å². The van der Waals surface area contributed by atoms with Gasteiger partial charge in [0.25, 0.3) is 5.56 Å². The molecule has 0 fully saturated rings. The van der Waals surface area contributed by atoms with Gasteiger partial charge in [-0.3, -0.25) is 19.7 Å². The first kappa shape index (κ1) is 15.5. The first-order valence-electron chi connectivity index (χ1n) is 7.31. The van der Waals surface area contributed by atoms with Crippen LogP contribution in [-0.4, -0.2) is 26.9 Å². The standard InChI is InChI=1S/C18H15N3O3/c1-12(22)17-14(11-19-15-9-5-6-10-16(15)23)18(24)21(20-17)13-7-3-2-4-8-13/h2-11,20,23H,1H3. The van der Waals surface area contributed by atoms with Crippen LogP contribution in [0.5, 0.6) is 5.75 Å². The molecule has 0 bridgehead atoms. The topological polar surface area (TPSA) is 87.5 Å².